The van der Waals surface area contributed by atoms with Gasteiger partial charge in [0.1, 0.15) is 6.07 Å². The number of anilines is 1. The molecule has 0 bridgehead atoms. The van der Waals surface area contributed by atoms with E-state index in [1.54, 1.807) is 6.07 Å². The number of nitrogens with two attached hydrogens (primary N) is 1. The molecule has 19 heavy (non-hydrogen) atoms. The highest BCUT2D eigenvalue weighted by atomic mass is 32.2. The molecule has 0 saturated heterocycles. The summed E-state index contributed by atoms with van der Waals surface area (Å²) in [5, 5.41) is 18.4. The van der Waals surface area contributed by atoms with E-state index < -0.39 is 16.1 Å². The molecule has 104 valence electrons. The molecule has 4 N–H and O–H groups in total. The summed E-state index contributed by atoms with van der Waals surface area (Å²) < 4.78 is 26.3. The zero-order chi connectivity index (χ0) is 14.5. The molecule has 1 rings (SSSR count). The average Bonchev–Trinajstić information content (AvgIpc) is 2.36. The number of nitriles is 1. The lowest BCUT2D eigenvalue weighted by atomic mass is 10.2. The van der Waals surface area contributed by atoms with Crippen molar-refractivity contribution >= 4 is 15.7 Å². The number of aliphatic hydroxyl groups is 1. The van der Waals surface area contributed by atoms with Crippen molar-refractivity contribution in [1.29, 1.82) is 5.26 Å². The third-order valence-corrected chi connectivity index (χ3v) is 4.03. The first-order chi connectivity index (χ1) is 8.90. The van der Waals surface area contributed by atoms with Gasteiger partial charge in [-0.15, -0.1) is 0 Å². The number of sulfonamides is 1. The molecule has 0 aliphatic rings. The van der Waals surface area contributed by atoms with Crippen molar-refractivity contribution in [2.75, 3.05) is 12.3 Å². The summed E-state index contributed by atoms with van der Waals surface area (Å²) in [4.78, 5) is -0.132. The van der Waals surface area contributed by atoms with Crippen LogP contribution in [0.3, 0.4) is 0 Å². The maximum Gasteiger partial charge on any atom is 0.241 e. The number of nitrogens with zero attached hydrogens (tertiary/aromatic N) is 1. The van der Waals surface area contributed by atoms with Crippen LogP contribution in [0.4, 0.5) is 5.69 Å². The summed E-state index contributed by atoms with van der Waals surface area (Å²) in [7, 11) is -3.82. The first kappa shape index (κ1) is 15.4. The van der Waals surface area contributed by atoms with E-state index in [2.05, 4.69) is 4.72 Å². The van der Waals surface area contributed by atoms with Gasteiger partial charge in [0.25, 0.3) is 0 Å². The molecule has 0 aliphatic heterocycles. The Morgan fingerprint density at radius 2 is 2.21 bits per heavy atom. The van der Waals surface area contributed by atoms with Crippen molar-refractivity contribution < 1.29 is 13.5 Å². The lowest BCUT2D eigenvalue weighted by Crippen LogP contribution is -2.32. The topological polar surface area (TPSA) is 116 Å². The van der Waals surface area contributed by atoms with Gasteiger partial charge in [0.05, 0.1) is 16.6 Å². The number of nitrogens with one attached hydrogen (secondary N) is 1. The molecular formula is C12H17N3O3S. The highest BCUT2D eigenvalue weighted by Crippen LogP contribution is 2.17. The van der Waals surface area contributed by atoms with Crippen molar-refractivity contribution in [1.82, 2.24) is 4.72 Å². The van der Waals surface area contributed by atoms with Crippen LogP contribution in [0.25, 0.3) is 0 Å². The maximum absolute atomic E-state index is 12.0. The van der Waals surface area contributed by atoms with Crippen LogP contribution >= 0.6 is 0 Å². The maximum atomic E-state index is 12.0. The first-order valence-electron chi connectivity index (χ1n) is 5.88. The SMILES string of the molecule is CCCC(O)CNS(=O)(=O)c1ccc(N)cc1C#N. The van der Waals surface area contributed by atoms with E-state index in [1.807, 2.05) is 6.92 Å². The summed E-state index contributed by atoms with van der Waals surface area (Å²) >= 11 is 0. The monoisotopic (exact) mass is 283 g/mol. The van der Waals surface area contributed by atoms with E-state index in [9.17, 15) is 13.5 Å². The van der Waals surface area contributed by atoms with Crippen molar-refractivity contribution in [3.63, 3.8) is 0 Å². The van der Waals surface area contributed by atoms with Gasteiger partial charge in [-0.25, -0.2) is 13.1 Å². The first-order valence-corrected chi connectivity index (χ1v) is 7.36. The molecule has 0 heterocycles. The Labute approximate surface area is 112 Å². The van der Waals surface area contributed by atoms with Gasteiger partial charge >= 0.3 is 0 Å². The lowest BCUT2D eigenvalue weighted by Gasteiger charge is -2.12. The van der Waals surface area contributed by atoms with Gasteiger partial charge < -0.3 is 10.8 Å². The van der Waals surface area contributed by atoms with Crippen molar-refractivity contribution in [3.8, 4) is 6.07 Å². The van der Waals surface area contributed by atoms with Crippen molar-refractivity contribution in [2.45, 2.75) is 30.8 Å². The molecule has 0 saturated carbocycles. The van der Waals surface area contributed by atoms with Crippen LogP contribution in [-0.2, 0) is 10.0 Å². The van der Waals surface area contributed by atoms with Gasteiger partial charge in [-0.05, 0) is 24.6 Å². The molecule has 6 nitrogen and oxygen atoms in total. The zero-order valence-electron chi connectivity index (χ0n) is 10.6. The van der Waals surface area contributed by atoms with E-state index in [1.165, 1.54) is 18.2 Å². The van der Waals surface area contributed by atoms with Gasteiger partial charge in [0, 0.05) is 12.2 Å². The van der Waals surface area contributed by atoms with Gasteiger partial charge in [-0.1, -0.05) is 13.3 Å². The van der Waals surface area contributed by atoms with Crippen molar-refractivity contribution in [2.24, 2.45) is 0 Å². The summed E-state index contributed by atoms with van der Waals surface area (Å²) in [5.41, 5.74) is 5.81. The second kappa shape index (κ2) is 6.52. The quantitative estimate of drug-likeness (QED) is 0.660. The van der Waals surface area contributed by atoms with Crippen LogP contribution in [0.2, 0.25) is 0 Å². The Morgan fingerprint density at radius 1 is 1.53 bits per heavy atom. The second-order valence-corrected chi connectivity index (χ2v) is 5.90. The van der Waals surface area contributed by atoms with Crippen LogP contribution in [0, 0.1) is 11.3 Å². The summed E-state index contributed by atoms with van der Waals surface area (Å²) in [6, 6.07) is 5.79. The van der Waals surface area contributed by atoms with E-state index in [-0.39, 0.29) is 17.0 Å². The minimum atomic E-state index is -3.82. The highest BCUT2D eigenvalue weighted by molar-refractivity contribution is 7.89. The average molecular weight is 283 g/mol. The smallest absolute Gasteiger partial charge is 0.241 e. The zero-order valence-corrected chi connectivity index (χ0v) is 11.4. The van der Waals surface area contributed by atoms with Crippen LogP contribution in [0.1, 0.15) is 25.3 Å². The minimum absolute atomic E-state index is 0.0162. The van der Waals surface area contributed by atoms with Crippen LogP contribution < -0.4 is 10.5 Å². The Balaban J connectivity index is 2.92. The number of aliphatic hydroxyl groups excluding tert-OH is 1. The molecule has 1 unspecified atom stereocenters. The second-order valence-electron chi connectivity index (χ2n) is 4.16. The van der Waals surface area contributed by atoms with Gasteiger partial charge in [-0.2, -0.15) is 5.26 Å². The van der Waals surface area contributed by atoms with Crippen LogP contribution in [0.5, 0.6) is 0 Å². The van der Waals surface area contributed by atoms with Gasteiger partial charge in [-0.3, -0.25) is 0 Å². The Bertz CT molecular complexity index is 578. The molecular weight excluding hydrogens is 266 g/mol. The third kappa shape index (κ3) is 4.21. The Morgan fingerprint density at radius 3 is 2.79 bits per heavy atom. The van der Waals surface area contributed by atoms with Crippen LogP contribution in [-0.4, -0.2) is 26.2 Å². The summed E-state index contributed by atoms with van der Waals surface area (Å²) in [6.07, 6.45) is 0.530. The summed E-state index contributed by atoms with van der Waals surface area (Å²) in [6.45, 7) is 1.82. The van der Waals surface area contributed by atoms with Crippen molar-refractivity contribution in [3.05, 3.63) is 23.8 Å². The molecule has 0 amide bonds. The van der Waals surface area contributed by atoms with E-state index in [4.69, 9.17) is 11.0 Å². The number of rotatable bonds is 6. The fourth-order valence-corrected chi connectivity index (χ4v) is 2.80. The predicted molar refractivity (Wildman–Crippen MR) is 71.7 cm³/mol. The molecule has 1 atom stereocenters. The fourth-order valence-electron chi connectivity index (χ4n) is 1.59. The number of nitrogen functional groups attached to an aromatic ring is 1. The van der Waals surface area contributed by atoms with Gasteiger partial charge in [0.15, 0.2) is 0 Å². The molecule has 0 fully saturated rings. The fraction of sp³-hybridized carbons (Fsp3) is 0.417. The number of benzene rings is 1. The normalized spacial score (nSPS) is 12.9. The number of hydrogen-bond donors (Lipinski definition) is 3. The molecule has 0 radical (unpaired) electrons. The molecule has 0 aromatic heterocycles. The summed E-state index contributed by atoms with van der Waals surface area (Å²) in [5.74, 6) is 0. The molecule has 0 spiro atoms. The molecule has 0 aliphatic carbocycles. The number of hydrogen-bond acceptors (Lipinski definition) is 5. The largest absolute Gasteiger partial charge is 0.399 e. The highest BCUT2D eigenvalue weighted by Gasteiger charge is 2.19. The van der Waals surface area contributed by atoms with E-state index in [0.717, 1.165) is 6.42 Å². The molecule has 1 aromatic rings. The Kier molecular flexibility index (Phi) is 5.30. The Hall–Kier alpha value is -1.62. The molecule has 1 aromatic carbocycles. The predicted octanol–water partition coefficient (Wildman–Crippen LogP) is 0.580. The van der Waals surface area contributed by atoms with E-state index >= 15 is 0 Å². The van der Waals surface area contributed by atoms with E-state index in [0.29, 0.717) is 12.1 Å². The van der Waals surface area contributed by atoms with Gasteiger partial charge in [0.2, 0.25) is 10.0 Å². The standard InChI is InChI=1S/C12H17N3O3S/c1-2-3-11(16)8-15-19(17,18)12-5-4-10(14)6-9(12)7-13/h4-6,11,15-16H,2-3,8,14H2,1H3. The third-order valence-electron chi connectivity index (χ3n) is 2.54. The van der Waals surface area contributed by atoms with Crippen LogP contribution in [0.15, 0.2) is 23.1 Å². The lowest BCUT2D eigenvalue weighted by molar-refractivity contribution is 0.167. The molecule has 7 heteroatoms. The minimum Gasteiger partial charge on any atom is -0.399 e.